The summed E-state index contributed by atoms with van der Waals surface area (Å²) < 4.78 is 8.64. The first-order valence-electron chi connectivity index (χ1n) is 8.55. The number of carbonyl (C=O) groups is 1. The predicted molar refractivity (Wildman–Crippen MR) is 101 cm³/mol. The van der Waals surface area contributed by atoms with Crippen LogP contribution in [-0.2, 0) is 11.3 Å². The summed E-state index contributed by atoms with van der Waals surface area (Å²) in [6.45, 7) is 11.6. The molecule has 1 aliphatic rings. The van der Waals surface area contributed by atoms with Crippen LogP contribution in [-0.4, -0.2) is 57.1 Å². The van der Waals surface area contributed by atoms with Crippen molar-refractivity contribution in [1.29, 1.82) is 0 Å². The summed E-state index contributed by atoms with van der Waals surface area (Å²) in [4.78, 5) is 20.8. The lowest BCUT2D eigenvalue weighted by Gasteiger charge is -2.35. The smallest absolute Gasteiger partial charge is 0.410 e. The Morgan fingerprint density at radius 1 is 1.28 bits per heavy atom. The third kappa shape index (κ3) is 4.33. The molecule has 136 valence electrons. The number of aromatic nitrogens is 2. The molecular weight excluding hydrogens is 384 g/mol. The van der Waals surface area contributed by atoms with E-state index in [-0.39, 0.29) is 6.09 Å². The van der Waals surface area contributed by atoms with Crippen LogP contribution in [0, 0.1) is 6.92 Å². The normalized spacial score (nSPS) is 16.4. The van der Waals surface area contributed by atoms with Crippen LogP contribution in [0.15, 0.2) is 22.9 Å². The Hall–Kier alpha value is -1.60. The minimum atomic E-state index is -0.448. The molecule has 25 heavy (non-hydrogen) atoms. The third-order valence-corrected chi connectivity index (χ3v) is 4.68. The monoisotopic (exact) mass is 408 g/mol. The highest BCUT2D eigenvalue weighted by Crippen LogP contribution is 2.19. The maximum atomic E-state index is 12.2. The van der Waals surface area contributed by atoms with Crippen molar-refractivity contribution in [2.75, 3.05) is 26.2 Å². The Kier molecular flexibility index (Phi) is 5.06. The first-order valence-corrected chi connectivity index (χ1v) is 9.34. The van der Waals surface area contributed by atoms with Crippen molar-refractivity contribution in [3.05, 3.63) is 34.2 Å². The number of imidazole rings is 1. The number of nitrogens with zero attached hydrogens (tertiary/aromatic N) is 4. The average Bonchev–Trinajstić information content (AvgIpc) is 2.89. The van der Waals surface area contributed by atoms with Crippen molar-refractivity contribution in [3.8, 4) is 0 Å². The highest BCUT2D eigenvalue weighted by Gasteiger charge is 2.26. The average molecular weight is 409 g/mol. The van der Waals surface area contributed by atoms with Gasteiger partial charge in [-0.3, -0.25) is 4.90 Å². The summed E-state index contributed by atoms with van der Waals surface area (Å²) in [5, 5.41) is 0. The molecule has 6 nitrogen and oxygen atoms in total. The third-order valence-electron chi connectivity index (χ3n) is 4.24. The first kappa shape index (κ1) is 18.2. The van der Waals surface area contributed by atoms with Crippen LogP contribution in [0.1, 0.15) is 32.0 Å². The van der Waals surface area contributed by atoms with Gasteiger partial charge in [0.05, 0.1) is 11.9 Å². The molecule has 0 atom stereocenters. The molecule has 0 spiro atoms. The van der Waals surface area contributed by atoms with E-state index < -0.39 is 5.60 Å². The highest BCUT2D eigenvalue weighted by atomic mass is 79.9. The van der Waals surface area contributed by atoms with E-state index in [1.54, 1.807) is 4.90 Å². The molecule has 7 heteroatoms. The van der Waals surface area contributed by atoms with Gasteiger partial charge in [0.2, 0.25) is 0 Å². The van der Waals surface area contributed by atoms with Gasteiger partial charge in [0.15, 0.2) is 0 Å². The summed E-state index contributed by atoms with van der Waals surface area (Å²) in [6, 6.07) is 2.08. The van der Waals surface area contributed by atoms with E-state index in [0.717, 1.165) is 41.0 Å². The Balaban J connectivity index is 1.62. The van der Waals surface area contributed by atoms with Crippen molar-refractivity contribution in [2.24, 2.45) is 0 Å². The van der Waals surface area contributed by atoms with Crippen LogP contribution in [0.3, 0.4) is 0 Å². The van der Waals surface area contributed by atoms with Gasteiger partial charge >= 0.3 is 6.09 Å². The van der Waals surface area contributed by atoms with Crippen LogP contribution >= 0.6 is 15.9 Å². The molecule has 2 aromatic rings. The standard InChI is InChI=1S/C18H25BrN4O2/c1-13-9-14(19)11-23-15(10-20-16(13)23)12-21-5-7-22(8-6-21)17(24)25-18(2,3)4/h9-11H,5-8,12H2,1-4H3. The second-order valence-corrected chi connectivity index (χ2v) is 8.44. The zero-order chi connectivity index (χ0) is 18.2. The van der Waals surface area contributed by atoms with Gasteiger partial charge in [0.25, 0.3) is 0 Å². The molecule has 0 aliphatic carbocycles. The molecular formula is C18H25BrN4O2. The number of aryl methyl sites for hydroxylation is 1. The predicted octanol–water partition coefficient (Wildman–Crippen LogP) is 3.46. The summed E-state index contributed by atoms with van der Waals surface area (Å²) in [7, 11) is 0. The number of ether oxygens (including phenoxy) is 1. The van der Waals surface area contributed by atoms with Gasteiger partial charge in [0.1, 0.15) is 11.2 Å². The summed E-state index contributed by atoms with van der Waals surface area (Å²) in [6.07, 6.45) is 3.78. The Labute approximate surface area is 156 Å². The van der Waals surface area contributed by atoms with Crippen molar-refractivity contribution in [3.63, 3.8) is 0 Å². The largest absolute Gasteiger partial charge is 0.444 e. The number of halogens is 1. The molecule has 3 rings (SSSR count). The molecule has 0 saturated carbocycles. The van der Waals surface area contributed by atoms with Crippen molar-refractivity contribution in [1.82, 2.24) is 19.2 Å². The lowest BCUT2D eigenvalue weighted by Crippen LogP contribution is -2.49. The second kappa shape index (κ2) is 6.96. The molecule has 3 heterocycles. The molecule has 0 unspecified atom stereocenters. The number of rotatable bonds is 2. The van der Waals surface area contributed by atoms with Crippen LogP contribution in [0.4, 0.5) is 4.79 Å². The van der Waals surface area contributed by atoms with Gasteiger partial charge in [-0.25, -0.2) is 9.78 Å². The van der Waals surface area contributed by atoms with Gasteiger partial charge < -0.3 is 14.0 Å². The lowest BCUT2D eigenvalue weighted by molar-refractivity contribution is 0.0138. The molecule has 2 aromatic heterocycles. The summed E-state index contributed by atoms with van der Waals surface area (Å²) in [5.74, 6) is 0. The fourth-order valence-corrected chi connectivity index (χ4v) is 3.57. The Morgan fingerprint density at radius 3 is 2.60 bits per heavy atom. The maximum Gasteiger partial charge on any atom is 0.410 e. The molecule has 1 amide bonds. The van der Waals surface area contributed by atoms with E-state index in [9.17, 15) is 4.79 Å². The highest BCUT2D eigenvalue weighted by molar-refractivity contribution is 9.10. The van der Waals surface area contributed by atoms with Crippen molar-refractivity contribution < 1.29 is 9.53 Å². The van der Waals surface area contributed by atoms with Crippen molar-refractivity contribution in [2.45, 2.75) is 39.8 Å². The van der Waals surface area contributed by atoms with Gasteiger partial charge in [0, 0.05) is 43.4 Å². The van der Waals surface area contributed by atoms with E-state index in [4.69, 9.17) is 4.74 Å². The topological polar surface area (TPSA) is 50.1 Å². The minimum absolute atomic E-state index is 0.221. The number of hydrogen-bond acceptors (Lipinski definition) is 4. The molecule has 1 fully saturated rings. The zero-order valence-electron chi connectivity index (χ0n) is 15.3. The van der Waals surface area contributed by atoms with E-state index in [1.165, 1.54) is 0 Å². The molecule has 0 aromatic carbocycles. The van der Waals surface area contributed by atoms with E-state index in [2.05, 4.69) is 49.4 Å². The molecule has 1 saturated heterocycles. The molecule has 0 bridgehead atoms. The fourth-order valence-electron chi connectivity index (χ4n) is 3.03. The van der Waals surface area contributed by atoms with Gasteiger partial charge in [-0.2, -0.15) is 0 Å². The van der Waals surface area contributed by atoms with Gasteiger partial charge in [-0.15, -0.1) is 0 Å². The SMILES string of the molecule is Cc1cc(Br)cn2c(CN3CCN(C(=O)OC(C)(C)C)CC3)cnc12. The minimum Gasteiger partial charge on any atom is -0.444 e. The number of hydrogen-bond donors (Lipinski definition) is 0. The number of fused-ring (bicyclic) bond motifs is 1. The van der Waals surface area contributed by atoms with Gasteiger partial charge in [-0.05, 0) is 55.3 Å². The first-order chi connectivity index (χ1) is 11.7. The molecule has 0 N–H and O–H groups in total. The van der Waals surface area contributed by atoms with Crippen LogP contribution in [0.2, 0.25) is 0 Å². The molecule has 1 aliphatic heterocycles. The molecule has 0 radical (unpaired) electrons. The van der Waals surface area contributed by atoms with Crippen LogP contribution in [0.25, 0.3) is 5.65 Å². The number of amides is 1. The van der Waals surface area contributed by atoms with E-state index in [1.807, 2.05) is 27.0 Å². The van der Waals surface area contributed by atoms with E-state index >= 15 is 0 Å². The number of piperazine rings is 1. The quantitative estimate of drug-likeness (QED) is 0.763. The number of carbonyl (C=O) groups excluding carboxylic acids is 1. The van der Waals surface area contributed by atoms with Crippen LogP contribution < -0.4 is 0 Å². The lowest BCUT2D eigenvalue weighted by atomic mass is 10.2. The fraction of sp³-hybridized carbons (Fsp3) is 0.556. The Morgan fingerprint density at radius 2 is 1.96 bits per heavy atom. The summed E-state index contributed by atoms with van der Waals surface area (Å²) >= 11 is 3.55. The van der Waals surface area contributed by atoms with Crippen LogP contribution in [0.5, 0.6) is 0 Å². The maximum absolute atomic E-state index is 12.2. The number of pyridine rings is 1. The van der Waals surface area contributed by atoms with Gasteiger partial charge in [-0.1, -0.05) is 0 Å². The summed E-state index contributed by atoms with van der Waals surface area (Å²) in [5.41, 5.74) is 2.85. The van der Waals surface area contributed by atoms with E-state index in [0.29, 0.717) is 13.1 Å². The van der Waals surface area contributed by atoms with Crippen molar-refractivity contribution >= 4 is 27.7 Å². The zero-order valence-corrected chi connectivity index (χ0v) is 16.8. The second-order valence-electron chi connectivity index (χ2n) is 7.53. The Bertz CT molecular complexity index is 773.